The van der Waals surface area contributed by atoms with E-state index >= 15 is 0 Å². The second kappa shape index (κ2) is 9.46. The number of piperidine rings is 1. The van der Waals surface area contributed by atoms with Gasteiger partial charge in [0.05, 0.1) is 37.9 Å². The van der Waals surface area contributed by atoms with Crippen molar-refractivity contribution in [1.82, 2.24) is 9.80 Å². The SMILES string of the molecule is COCCC(=O)N1CCO[C@@H](CN2CCC(O)CC2)[C@@H]1c1ccccc1. The molecule has 1 N–H and O–H groups in total. The van der Waals surface area contributed by atoms with E-state index in [-0.39, 0.29) is 24.2 Å². The van der Waals surface area contributed by atoms with Crippen LogP contribution in [0.2, 0.25) is 0 Å². The number of hydrogen-bond acceptors (Lipinski definition) is 5. The van der Waals surface area contributed by atoms with Crippen LogP contribution < -0.4 is 0 Å². The van der Waals surface area contributed by atoms with E-state index in [0.717, 1.165) is 38.0 Å². The van der Waals surface area contributed by atoms with Gasteiger partial charge in [-0.2, -0.15) is 0 Å². The zero-order valence-electron chi connectivity index (χ0n) is 15.5. The maximum Gasteiger partial charge on any atom is 0.225 e. The minimum absolute atomic E-state index is 0.0621. The van der Waals surface area contributed by atoms with E-state index < -0.39 is 0 Å². The highest BCUT2D eigenvalue weighted by atomic mass is 16.5. The van der Waals surface area contributed by atoms with Crippen LogP contribution in [0.4, 0.5) is 0 Å². The molecule has 0 aromatic heterocycles. The maximum atomic E-state index is 12.8. The summed E-state index contributed by atoms with van der Waals surface area (Å²) in [6, 6.07) is 10.1. The molecule has 6 heteroatoms. The van der Waals surface area contributed by atoms with Crippen LogP contribution in [-0.4, -0.2) is 79.5 Å². The highest BCUT2D eigenvalue weighted by molar-refractivity contribution is 5.77. The number of nitrogens with zero attached hydrogens (tertiary/aromatic N) is 2. The molecular formula is C20H30N2O4. The van der Waals surface area contributed by atoms with Crippen molar-refractivity contribution in [3.63, 3.8) is 0 Å². The van der Waals surface area contributed by atoms with Gasteiger partial charge in [-0.3, -0.25) is 4.79 Å². The molecule has 0 bridgehead atoms. The Bertz CT molecular complexity index is 560. The Labute approximate surface area is 155 Å². The number of benzene rings is 1. The molecule has 2 heterocycles. The van der Waals surface area contributed by atoms with Gasteiger partial charge in [0.15, 0.2) is 0 Å². The third kappa shape index (κ3) is 4.82. The summed E-state index contributed by atoms with van der Waals surface area (Å²) in [7, 11) is 1.62. The normalized spacial score (nSPS) is 25.4. The molecule has 0 radical (unpaired) electrons. The molecule has 0 aliphatic carbocycles. The van der Waals surface area contributed by atoms with Gasteiger partial charge in [0, 0.05) is 33.3 Å². The lowest BCUT2D eigenvalue weighted by molar-refractivity contribution is -0.149. The molecule has 2 fully saturated rings. The van der Waals surface area contributed by atoms with Crippen molar-refractivity contribution in [3.05, 3.63) is 35.9 Å². The van der Waals surface area contributed by atoms with Crippen LogP contribution in [0.15, 0.2) is 30.3 Å². The van der Waals surface area contributed by atoms with Gasteiger partial charge in [-0.05, 0) is 18.4 Å². The Morgan fingerprint density at radius 2 is 1.96 bits per heavy atom. The van der Waals surface area contributed by atoms with E-state index in [9.17, 15) is 9.90 Å². The van der Waals surface area contributed by atoms with Crippen LogP contribution in [-0.2, 0) is 14.3 Å². The number of aliphatic hydroxyl groups is 1. The number of hydrogen-bond donors (Lipinski definition) is 1. The molecule has 2 atom stereocenters. The van der Waals surface area contributed by atoms with E-state index in [4.69, 9.17) is 9.47 Å². The summed E-state index contributed by atoms with van der Waals surface area (Å²) in [5, 5.41) is 9.74. The predicted molar refractivity (Wildman–Crippen MR) is 98.8 cm³/mol. The van der Waals surface area contributed by atoms with Crippen molar-refractivity contribution in [2.45, 2.75) is 37.5 Å². The van der Waals surface area contributed by atoms with Crippen molar-refractivity contribution in [3.8, 4) is 0 Å². The number of rotatable bonds is 6. The monoisotopic (exact) mass is 362 g/mol. The first-order chi connectivity index (χ1) is 12.7. The molecule has 0 spiro atoms. The molecule has 2 saturated heterocycles. The standard InChI is InChI=1S/C20H30N2O4/c1-25-13-9-19(24)22-12-14-26-18(15-21-10-7-17(23)8-11-21)20(22)16-5-3-2-4-6-16/h2-6,17-18,20,23H,7-15H2,1H3/t18-,20-/m0/s1. The first-order valence-corrected chi connectivity index (χ1v) is 9.54. The molecule has 6 nitrogen and oxygen atoms in total. The predicted octanol–water partition coefficient (Wildman–Crippen LogP) is 1.45. The van der Waals surface area contributed by atoms with Gasteiger partial charge in [-0.15, -0.1) is 0 Å². The van der Waals surface area contributed by atoms with Crippen molar-refractivity contribution >= 4 is 5.91 Å². The summed E-state index contributed by atoms with van der Waals surface area (Å²) in [6.07, 6.45) is 1.75. The number of ether oxygens (including phenoxy) is 2. The van der Waals surface area contributed by atoms with Gasteiger partial charge in [0.2, 0.25) is 5.91 Å². The molecule has 144 valence electrons. The summed E-state index contributed by atoms with van der Waals surface area (Å²) in [5.41, 5.74) is 1.11. The number of carbonyl (C=O) groups is 1. The van der Waals surface area contributed by atoms with Crippen molar-refractivity contribution in [1.29, 1.82) is 0 Å². The Hall–Kier alpha value is -1.47. The van der Waals surface area contributed by atoms with Gasteiger partial charge >= 0.3 is 0 Å². The molecular weight excluding hydrogens is 332 g/mol. The van der Waals surface area contributed by atoms with Gasteiger partial charge in [-0.25, -0.2) is 0 Å². The Kier molecular flexibility index (Phi) is 7.02. The van der Waals surface area contributed by atoms with Crippen LogP contribution >= 0.6 is 0 Å². The summed E-state index contributed by atoms with van der Waals surface area (Å²) < 4.78 is 11.2. The van der Waals surface area contributed by atoms with Crippen molar-refractivity contribution in [2.24, 2.45) is 0 Å². The largest absolute Gasteiger partial charge is 0.393 e. The molecule has 3 rings (SSSR count). The zero-order valence-corrected chi connectivity index (χ0v) is 15.5. The van der Waals surface area contributed by atoms with Crippen LogP contribution in [0.3, 0.4) is 0 Å². The topological polar surface area (TPSA) is 62.2 Å². The van der Waals surface area contributed by atoms with E-state index in [2.05, 4.69) is 17.0 Å². The first kappa shape index (κ1) is 19.3. The Morgan fingerprint density at radius 1 is 1.23 bits per heavy atom. The van der Waals surface area contributed by atoms with E-state index in [1.54, 1.807) is 7.11 Å². The number of aliphatic hydroxyl groups excluding tert-OH is 1. The summed E-state index contributed by atoms with van der Waals surface area (Å²) in [4.78, 5) is 17.1. The quantitative estimate of drug-likeness (QED) is 0.830. The lowest BCUT2D eigenvalue weighted by Gasteiger charge is -2.44. The van der Waals surface area contributed by atoms with Gasteiger partial charge in [0.25, 0.3) is 0 Å². The highest BCUT2D eigenvalue weighted by Gasteiger charge is 2.37. The molecule has 26 heavy (non-hydrogen) atoms. The average molecular weight is 362 g/mol. The minimum Gasteiger partial charge on any atom is -0.393 e. The lowest BCUT2D eigenvalue weighted by atomic mass is 9.96. The second-order valence-electron chi connectivity index (χ2n) is 7.13. The number of amides is 1. The first-order valence-electron chi connectivity index (χ1n) is 9.54. The molecule has 2 aliphatic heterocycles. The molecule has 1 aromatic rings. The lowest BCUT2D eigenvalue weighted by Crippen LogP contribution is -2.53. The second-order valence-corrected chi connectivity index (χ2v) is 7.13. The Balaban J connectivity index is 1.76. The number of morpholine rings is 1. The fourth-order valence-electron chi connectivity index (χ4n) is 3.90. The maximum absolute atomic E-state index is 12.8. The van der Waals surface area contributed by atoms with Gasteiger partial charge in [-0.1, -0.05) is 30.3 Å². The number of likely N-dealkylation sites (tertiary alicyclic amines) is 1. The summed E-state index contributed by atoms with van der Waals surface area (Å²) in [6.45, 7) is 4.13. The molecule has 1 aromatic carbocycles. The Morgan fingerprint density at radius 3 is 2.65 bits per heavy atom. The van der Waals surface area contributed by atoms with Crippen molar-refractivity contribution in [2.75, 3.05) is 46.5 Å². The molecule has 2 aliphatic rings. The zero-order chi connectivity index (χ0) is 18.4. The smallest absolute Gasteiger partial charge is 0.225 e. The van der Waals surface area contributed by atoms with Gasteiger partial charge < -0.3 is 24.4 Å². The third-order valence-electron chi connectivity index (χ3n) is 5.33. The average Bonchev–Trinajstić information content (AvgIpc) is 2.68. The summed E-state index contributed by atoms with van der Waals surface area (Å²) >= 11 is 0. The van der Waals surface area contributed by atoms with Crippen LogP contribution in [0.25, 0.3) is 0 Å². The van der Waals surface area contributed by atoms with E-state index in [1.807, 2.05) is 23.1 Å². The number of carbonyl (C=O) groups excluding carboxylic acids is 1. The minimum atomic E-state index is -0.185. The van der Waals surface area contributed by atoms with Crippen molar-refractivity contribution < 1.29 is 19.4 Å². The van der Waals surface area contributed by atoms with Crippen LogP contribution in [0.5, 0.6) is 0 Å². The number of methoxy groups -OCH3 is 1. The van der Waals surface area contributed by atoms with E-state index in [1.165, 1.54) is 0 Å². The fraction of sp³-hybridized carbons (Fsp3) is 0.650. The van der Waals surface area contributed by atoms with Crippen LogP contribution in [0, 0.1) is 0 Å². The highest BCUT2D eigenvalue weighted by Crippen LogP contribution is 2.31. The van der Waals surface area contributed by atoms with E-state index in [0.29, 0.717) is 26.2 Å². The van der Waals surface area contributed by atoms with Crippen LogP contribution in [0.1, 0.15) is 30.9 Å². The third-order valence-corrected chi connectivity index (χ3v) is 5.33. The fourth-order valence-corrected chi connectivity index (χ4v) is 3.90. The molecule has 0 saturated carbocycles. The van der Waals surface area contributed by atoms with Gasteiger partial charge in [0.1, 0.15) is 0 Å². The summed E-state index contributed by atoms with van der Waals surface area (Å²) in [5.74, 6) is 0.114. The molecule has 0 unspecified atom stereocenters. The molecule has 1 amide bonds.